The van der Waals surface area contributed by atoms with Gasteiger partial charge < -0.3 is 25.4 Å². The Morgan fingerprint density at radius 3 is 2.86 bits per heavy atom. The zero-order chi connectivity index (χ0) is 24.5. The van der Waals surface area contributed by atoms with Crippen LogP contribution in [0.2, 0.25) is 0 Å². The summed E-state index contributed by atoms with van der Waals surface area (Å²) in [6.07, 6.45) is 7.97. The van der Waals surface area contributed by atoms with Gasteiger partial charge in [0.05, 0.1) is 17.3 Å². The third-order valence-corrected chi connectivity index (χ3v) is 6.83. The van der Waals surface area contributed by atoms with Crippen molar-refractivity contribution in [2.45, 2.75) is 24.7 Å². The number of Topliss-reactive ketones (excluding diaryl/α,β-unsaturated/α-hetero) is 1. The average Bonchev–Trinajstić information content (AvgIpc) is 2.88. The Morgan fingerprint density at radius 1 is 1.29 bits per heavy atom. The number of rotatable bonds is 7. The van der Waals surface area contributed by atoms with Crippen LogP contribution in [0, 0.1) is 11.8 Å². The smallest absolute Gasteiger partial charge is 0.316 e. The molecule has 4 unspecified atom stereocenters. The number of halogens is 2. The van der Waals surface area contributed by atoms with Crippen LogP contribution in [-0.2, 0) is 14.3 Å². The number of ether oxygens (including phenoxy) is 1. The van der Waals surface area contributed by atoms with Crippen molar-refractivity contribution < 1.29 is 28.2 Å². The molecule has 3 heterocycles. The van der Waals surface area contributed by atoms with Crippen LogP contribution >= 0.6 is 0 Å². The van der Waals surface area contributed by atoms with Gasteiger partial charge in [-0.1, -0.05) is 30.4 Å². The van der Waals surface area contributed by atoms with Gasteiger partial charge in [0.25, 0.3) is 0 Å². The first kappa shape index (κ1) is 23.2. The number of carboxylic acid groups (broad SMARTS) is 1. The van der Waals surface area contributed by atoms with Crippen LogP contribution in [0.1, 0.15) is 6.42 Å². The van der Waals surface area contributed by atoms with E-state index in [2.05, 4.69) is 15.6 Å². The Bertz CT molecular complexity index is 1130. The van der Waals surface area contributed by atoms with Crippen LogP contribution in [0.3, 0.4) is 0 Å². The van der Waals surface area contributed by atoms with Gasteiger partial charge in [-0.2, -0.15) is 0 Å². The normalized spacial score (nSPS) is 29.7. The summed E-state index contributed by atoms with van der Waals surface area (Å²) in [4.78, 5) is 30.7. The van der Waals surface area contributed by atoms with E-state index >= 15 is 8.78 Å². The first-order valence-electron chi connectivity index (χ1n) is 11.6. The van der Waals surface area contributed by atoms with Crippen LogP contribution in [0.25, 0.3) is 0 Å². The van der Waals surface area contributed by atoms with Gasteiger partial charge in [-0.05, 0) is 18.6 Å². The number of hydrogen-bond acceptors (Lipinski definition) is 7. The van der Waals surface area contributed by atoms with E-state index in [-0.39, 0.29) is 43.1 Å². The number of nitrogens with zero attached hydrogens (tertiary/aromatic N) is 2. The maximum Gasteiger partial charge on any atom is 0.316 e. The molecule has 4 aliphatic rings. The van der Waals surface area contributed by atoms with Crippen molar-refractivity contribution in [2.75, 3.05) is 31.6 Å². The molecule has 1 fully saturated rings. The Kier molecular flexibility index (Phi) is 6.38. The van der Waals surface area contributed by atoms with Crippen molar-refractivity contribution in [3.63, 3.8) is 0 Å². The highest BCUT2D eigenvalue weighted by atomic mass is 19.2. The summed E-state index contributed by atoms with van der Waals surface area (Å²) >= 11 is 0. The van der Waals surface area contributed by atoms with E-state index in [0.29, 0.717) is 18.8 Å². The summed E-state index contributed by atoms with van der Waals surface area (Å²) in [5, 5.41) is 15.7. The minimum Gasteiger partial charge on any atom is -0.492 e. The molecular formula is C25H26F2N4O4. The fourth-order valence-corrected chi connectivity index (χ4v) is 5.10. The van der Waals surface area contributed by atoms with E-state index in [0.717, 1.165) is 0 Å². The number of carboxylic acids is 1. The van der Waals surface area contributed by atoms with Gasteiger partial charge >= 0.3 is 5.97 Å². The summed E-state index contributed by atoms with van der Waals surface area (Å²) in [6.45, 7) is 0.729. The molecule has 5 rings (SSSR count). The highest BCUT2D eigenvalue weighted by Crippen LogP contribution is 2.45. The van der Waals surface area contributed by atoms with Crippen molar-refractivity contribution in [1.82, 2.24) is 15.2 Å². The Balaban J connectivity index is 1.43. The number of aromatic nitrogens is 1. The van der Waals surface area contributed by atoms with Gasteiger partial charge in [-0.15, -0.1) is 0 Å². The second kappa shape index (κ2) is 9.61. The number of carbonyl (C=O) groups is 2. The average molecular weight is 485 g/mol. The molecule has 0 radical (unpaired) electrons. The van der Waals surface area contributed by atoms with E-state index in [1.165, 1.54) is 0 Å². The number of pyridine rings is 1. The van der Waals surface area contributed by atoms with Crippen LogP contribution in [0.4, 0.5) is 14.6 Å². The van der Waals surface area contributed by atoms with Gasteiger partial charge in [0.2, 0.25) is 0 Å². The number of nitrogens with one attached hydrogen (secondary N) is 2. The number of ketones is 1. The molecule has 0 aromatic carbocycles. The third kappa shape index (κ3) is 4.22. The van der Waals surface area contributed by atoms with Crippen LogP contribution < -0.4 is 10.6 Å². The van der Waals surface area contributed by atoms with E-state index in [1.54, 1.807) is 23.2 Å². The molecule has 1 saturated heterocycles. The molecule has 1 aromatic rings. The lowest BCUT2D eigenvalue weighted by molar-refractivity contribution is -0.147. The zero-order valence-corrected chi connectivity index (χ0v) is 18.9. The molecule has 0 spiro atoms. The molecule has 1 aromatic heterocycles. The van der Waals surface area contributed by atoms with Crippen molar-refractivity contribution in [3.05, 3.63) is 71.6 Å². The monoisotopic (exact) mass is 484 g/mol. The summed E-state index contributed by atoms with van der Waals surface area (Å²) in [5.41, 5.74) is -0.330. The van der Waals surface area contributed by atoms with Gasteiger partial charge in [0, 0.05) is 31.7 Å². The quantitative estimate of drug-likeness (QED) is 0.400. The lowest BCUT2D eigenvalue weighted by atomic mass is 9.79. The molecule has 10 heteroatoms. The predicted octanol–water partition coefficient (Wildman–Crippen LogP) is 2.36. The largest absolute Gasteiger partial charge is 0.492 e. The fraction of sp³-hybridized carbons (Fsp3) is 0.400. The Hall–Kier alpha value is -3.53. The standard InChI is InChI=1S/C25H26F2N4O4/c26-19-18-22-24(21(20(19)27)30-11-10-29-17-8-4-5-9-28-17)35-13-16(14-6-2-1-3-7-14)31(22)12-15(23(18)32)25(33)34/h1-6,8-9,14-16,20-21,30H,7,10-13H2,(H,28,29)(H,33,34)/t14?,15?,16-,20?,21?/m1/s1. The van der Waals surface area contributed by atoms with Gasteiger partial charge in [0.1, 0.15) is 36.0 Å². The minimum atomic E-state index is -2.17. The first-order chi connectivity index (χ1) is 17.0. The maximum atomic E-state index is 15.4. The van der Waals surface area contributed by atoms with Crippen LogP contribution in [0.5, 0.6) is 0 Å². The number of carbonyl (C=O) groups excluding carboxylic acids is 1. The number of piperidine rings is 1. The molecule has 0 bridgehead atoms. The number of alkyl halides is 1. The Labute approximate surface area is 201 Å². The molecule has 35 heavy (non-hydrogen) atoms. The van der Waals surface area contributed by atoms with E-state index < -0.39 is 41.3 Å². The molecule has 184 valence electrons. The van der Waals surface area contributed by atoms with Crippen LogP contribution in [-0.4, -0.2) is 71.2 Å². The van der Waals surface area contributed by atoms with Gasteiger partial charge in [-0.25, -0.2) is 13.8 Å². The fourth-order valence-electron chi connectivity index (χ4n) is 5.10. The summed E-state index contributed by atoms with van der Waals surface area (Å²) in [7, 11) is 0. The molecule has 5 atom stereocenters. The molecule has 2 aliphatic heterocycles. The molecular weight excluding hydrogens is 458 g/mol. The minimum absolute atomic E-state index is 0.0157. The number of anilines is 1. The lowest BCUT2D eigenvalue weighted by Gasteiger charge is -2.49. The highest BCUT2D eigenvalue weighted by molar-refractivity contribution is 6.12. The molecule has 2 aliphatic carbocycles. The number of hydrogen-bond donors (Lipinski definition) is 3. The molecule has 0 amide bonds. The van der Waals surface area contributed by atoms with Crippen LogP contribution in [0.15, 0.2) is 71.6 Å². The zero-order valence-electron chi connectivity index (χ0n) is 18.9. The summed E-state index contributed by atoms with van der Waals surface area (Å²) in [6, 6.07) is 3.97. The van der Waals surface area contributed by atoms with Crippen molar-refractivity contribution >= 4 is 17.6 Å². The Morgan fingerprint density at radius 2 is 2.14 bits per heavy atom. The topological polar surface area (TPSA) is 104 Å². The first-order valence-corrected chi connectivity index (χ1v) is 11.6. The SMILES string of the molecule is O=C(O)C1CN2C3=C(OC[C@@H]2C2C=CC=CC2)C(NCCNc2ccccn2)C(F)C(F)=C3C1=O. The second-order valence-corrected chi connectivity index (χ2v) is 8.91. The van der Waals surface area contributed by atoms with E-state index in [9.17, 15) is 14.7 Å². The molecule has 0 saturated carbocycles. The van der Waals surface area contributed by atoms with Crippen molar-refractivity contribution in [1.29, 1.82) is 0 Å². The lowest BCUT2D eigenvalue weighted by Crippen LogP contribution is -2.59. The van der Waals surface area contributed by atoms with E-state index in [4.69, 9.17) is 4.74 Å². The summed E-state index contributed by atoms with van der Waals surface area (Å²) in [5.74, 6) is -4.20. The van der Waals surface area contributed by atoms with Crippen molar-refractivity contribution in [2.24, 2.45) is 11.8 Å². The van der Waals surface area contributed by atoms with Crippen molar-refractivity contribution in [3.8, 4) is 0 Å². The second-order valence-electron chi connectivity index (χ2n) is 8.91. The highest BCUT2D eigenvalue weighted by Gasteiger charge is 2.53. The predicted molar refractivity (Wildman–Crippen MR) is 124 cm³/mol. The summed E-state index contributed by atoms with van der Waals surface area (Å²) < 4.78 is 36.7. The number of aliphatic carboxylic acids is 1. The molecule has 3 N–H and O–H groups in total. The number of allylic oxidation sites excluding steroid dienone is 4. The van der Waals surface area contributed by atoms with E-state index in [1.807, 2.05) is 30.4 Å². The van der Waals surface area contributed by atoms with Gasteiger partial charge in [0.15, 0.2) is 12.0 Å². The van der Waals surface area contributed by atoms with Gasteiger partial charge in [-0.3, -0.25) is 9.59 Å². The third-order valence-electron chi connectivity index (χ3n) is 6.83. The maximum absolute atomic E-state index is 15.4. The molecule has 8 nitrogen and oxygen atoms in total.